The quantitative estimate of drug-likeness (QED) is 0.553. The predicted molar refractivity (Wildman–Crippen MR) is 67.1 cm³/mol. The molecule has 4 nitrogen and oxygen atoms in total. The van der Waals surface area contributed by atoms with Gasteiger partial charge in [-0.05, 0) is 24.7 Å². The molecule has 1 saturated heterocycles. The Bertz CT molecular complexity index is 336. The van der Waals surface area contributed by atoms with E-state index in [9.17, 15) is 4.79 Å². The Kier molecular flexibility index (Phi) is 3.66. The Morgan fingerprint density at radius 3 is 2.78 bits per heavy atom. The summed E-state index contributed by atoms with van der Waals surface area (Å²) in [5.41, 5.74) is 0. The molecule has 0 N–H and O–H groups in total. The normalized spacial score (nSPS) is 35.0. The van der Waals surface area contributed by atoms with Crippen LogP contribution in [-0.2, 0) is 14.3 Å². The third kappa shape index (κ3) is 2.59. The van der Waals surface area contributed by atoms with Crippen molar-refractivity contribution >= 4 is 5.97 Å². The molecule has 1 aliphatic heterocycles. The van der Waals surface area contributed by atoms with Crippen LogP contribution in [0.4, 0.5) is 0 Å². The molecule has 2 bridgehead atoms. The first-order valence-electron chi connectivity index (χ1n) is 6.98. The molecule has 3 atom stereocenters. The van der Waals surface area contributed by atoms with Crippen molar-refractivity contribution in [3.05, 3.63) is 12.2 Å². The summed E-state index contributed by atoms with van der Waals surface area (Å²) in [4.78, 5) is 14.3. The molecule has 1 saturated carbocycles. The van der Waals surface area contributed by atoms with Crippen molar-refractivity contribution in [1.29, 1.82) is 0 Å². The maximum absolute atomic E-state index is 12.0. The maximum atomic E-state index is 12.0. The van der Waals surface area contributed by atoms with Gasteiger partial charge >= 0.3 is 5.97 Å². The van der Waals surface area contributed by atoms with Crippen LogP contribution in [0.5, 0.6) is 0 Å². The largest absolute Gasteiger partial charge is 0.464 e. The minimum atomic E-state index is 0.0140. The predicted octanol–water partition coefficient (Wildman–Crippen LogP) is 1.07. The second kappa shape index (κ2) is 5.41. The van der Waals surface area contributed by atoms with E-state index < -0.39 is 0 Å². The van der Waals surface area contributed by atoms with Gasteiger partial charge < -0.3 is 9.47 Å². The molecule has 3 aliphatic rings. The summed E-state index contributed by atoms with van der Waals surface area (Å²) in [5.74, 6) is 1.22. The summed E-state index contributed by atoms with van der Waals surface area (Å²) in [6.07, 6.45) is 6.60. The lowest BCUT2D eigenvalue weighted by atomic mass is 9.94. The molecule has 100 valence electrons. The van der Waals surface area contributed by atoms with Crippen LogP contribution in [0.25, 0.3) is 0 Å². The minimum Gasteiger partial charge on any atom is -0.464 e. The van der Waals surface area contributed by atoms with Crippen molar-refractivity contribution in [2.45, 2.75) is 12.8 Å². The van der Waals surface area contributed by atoms with Gasteiger partial charge in [0.15, 0.2) is 0 Å². The lowest BCUT2D eigenvalue weighted by Gasteiger charge is -2.26. The van der Waals surface area contributed by atoms with Crippen molar-refractivity contribution in [2.24, 2.45) is 17.8 Å². The highest BCUT2D eigenvalue weighted by Gasteiger charge is 2.40. The molecule has 0 aromatic rings. The number of carbonyl (C=O) groups excluding carboxylic acids is 1. The van der Waals surface area contributed by atoms with Crippen LogP contribution in [0, 0.1) is 17.8 Å². The molecule has 1 heterocycles. The highest BCUT2D eigenvalue weighted by molar-refractivity contribution is 5.74. The van der Waals surface area contributed by atoms with Crippen molar-refractivity contribution in [1.82, 2.24) is 4.90 Å². The maximum Gasteiger partial charge on any atom is 0.309 e. The number of hydrogen-bond donors (Lipinski definition) is 0. The number of carbonyl (C=O) groups is 1. The molecular weight excluding hydrogens is 230 g/mol. The van der Waals surface area contributed by atoms with E-state index in [0.717, 1.165) is 45.7 Å². The zero-order valence-corrected chi connectivity index (χ0v) is 10.7. The number of morpholine rings is 1. The van der Waals surface area contributed by atoms with E-state index in [-0.39, 0.29) is 11.9 Å². The second-order valence-corrected chi connectivity index (χ2v) is 5.51. The fraction of sp³-hybridized carbons (Fsp3) is 0.786. The number of fused-ring (bicyclic) bond motifs is 2. The van der Waals surface area contributed by atoms with E-state index in [0.29, 0.717) is 18.4 Å². The molecule has 2 fully saturated rings. The van der Waals surface area contributed by atoms with Crippen LogP contribution in [0.1, 0.15) is 12.8 Å². The van der Waals surface area contributed by atoms with Gasteiger partial charge in [-0.3, -0.25) is 9.69 Å². The van der Waals surface area contributed by atoms with Gasteiger partial charge in [-0.2, -0.15) is 0 Å². The van der Waals surface area contributed by atoms with Gasteiger partial charge in [0.25, 0.3) is 0 Å². The summed E-state index contributed by atoms with van der Waals surface area (Å²) in [6.45, 7) is 4.86. The van der Waals surface area contributed by atoms with Crippen LogP contribution in [-0.4, -0.2) is 50.3 Å². The standard InChI is InChI=1S/C14H21NO3/c16-14(13-10-11-1-2-12(13)9-11)18-8-5-15-3-6-17-7-4-15/h1-2,11-13H,3-10H2. The molecule has 4 heteroatoms. The molecule has 0 amide bonds. The van der Waals surface area contributed by atoms with E-state index >= 15 is 0 Å². The lowest BCUT2D eigenvalue weighted by Crippen LogP contribution is -2.38. The first-order chi connectivity index (χ1) is 8.83. The average Bonchev–Trinajstić information content (AvgIpc) is 3.02. The monoisotopic (exact) mass is 251 g/mol. The van der Waals surface area contributed by atoms with Gasteiger partial charge in [0.1, 0.15) is 6.61 Å². The highest BCUT2D eigenvalue weighted by atomic mass is 16.5. The molecule has 2 aliphatic carbocycles. The van der Waals surface area contributed by atoms with E-state index in [1.807, 2.05) is 0 Å². The second-order valence-electron chi connectivity index (χ2n) is 5.51. The fourth-order valence-electron chi connectivity index (χ4n) is 3.26. The van der Waals surface area contributed by atoms with Gasteiger partial charge in [-0.15, -0.1) is 0 Å². The summed E-state index contributed by atoms with van der Waals surface area (Å²) in [7, 11) is 0. The van der Waals surface area contributed by atoms with E-state index in [1.165, 1.54) is 0 Å². The first kappa shape index (κ1) is 12.2. The van der Waals surface area contributed by atoms with Gasteiger partial charge in [0.2, 0.25) is 0 Å². The average molecular weight is 251 g/mol. The first-order valence-corrected chi connectivity index (χ1v) is 6.98. The van der Waals surface area contributed by atoms with Crippen LogP contribution in [0.2, 0.25) is 0 Å². The third-order valence-corrected chi connectivity index (χ3v) is 4.34. The van der Waals surface area contributed by atoms with E-state index in [4.69, 9.17) is 9.47 Å². The van der Waals surface area contributed by atoms with Gasteiger partial charge in [0, 0.05) is 19.6 Å². The summed E-state index contributed by atoms with van der Waals surface area (Å²) >= 11 is 0. The summed E-state index contributed by atoms with van der Waals surface area (Å²) < 4.78 is 10.7. The Morgan fingerprint density at radius 2 is 2.11 bits per heavy atom. The minimum absolute atomic E-state index is 0.0140. The number of rotatable bonds is 4. The Hall–Kier alpha value is -0.870. The van der Waals surface area contributed by atoms with Crippen LogP contribution in [0.15, 0.2) is 12.2 Å². The highest BCUT2D eigenvalue weighted by Crippen LogP contribution is 2.43. The number of esters is 1. The summed E-state index contributed by atoms with van der Waals surface area (Å²) in [5, 5.41) is 0. The molecular formula is C14H21NO3. The molecule has 0 aromatic carbocycles. The van der Waals surface area contributed by atoms with Crippen molar-refractivity contribution in [3.63, 3.8) is 0 Å². The van der Waals surface area contributed by atoms with Crippen LogP contribution >= 0.6 is 0 Å². The van der Waals surface area contributed by atoms with Crippen molar-refractivity contribution < 1.29 is 14.3 Å². The fourth-order valence-corrected chi connectivity index (χ4v) is 3.26. The molecule has 3 rings (SSSR count). The third-order valence-electron chi connectivity index (χ3n) is 4.34. The SMILES string of the molecule is O=C(OCCN1CCOCC1)C1CC2C=CC1C2. The smallest absolute Gasteiger partial charge is 0.309 e. The van der Waals surface area contributed by atoms with Crippen molar-refractivity contribution in [3.8, 4) is 0 Å². The van der Waals surface area contributed by atoms with Gasteiger partial charge in [-0.1, -0.05) is 12.2 Å². The molecule has 0 spiro atoms. The number of nitrogens with zero attached hydrogens (tertiary/aromatic N) is 1. The molecule has 0 radical (unpaired) electrons. The number of allylic oxidation sites excluding steroid dienone is 2. The van der Waals surface area contributed by atoms with Gasteiger partial charge in [0.05, 0.1) is 19.1 Å². The Labute approximate surface area is 108 Å². The molecule has 0 aromatic heterocycles. The topological polar surface area (TPSA) is 38.8 Å². The zero-order chi connectivity index (χ0) is 12.4. The zero-order valence-electron chi connectivity index (χ0n) is 10.7. The lowest BCUT2D eigenvalue weighted by molar-refractivity contribution is -0.150. The molecule has 3 unspecified atom stereocenters. The Morgan fingerprint density at radius 1 is 1.28 bits per heavy atom. The van der Waals surface area contributed by atoms with Crippen molar-refractivity contribution in [2.75, 3.05) is 39.5 Å². The summed E-state index contributed by atoms with van der Waals surface area (Å²) in [6, 6.07) is 0. The number of hydrogen-bond acceptors (Lipinski definition) is 4. The molecule has 18 heavy (non-hydrogen) atoms. The number of ether oxygens (including phenoxy) is 2. The van der Waals surface area contributed by atoms with Crippen LogP contribution in [0.3, 0.4) is 0 Å². The Balaban J connectivity index is 1.38. The van der Waals surface area contributed by atoms with E-state index in [2.05, 4.69) is 17.1 Å². The van der Waals surface area contributed by atoms with Crippen LogP contribution < -0.4 is 0 Å². The van der Waals surface area contributed by atoms with E-state index in [1.54, 1.807) is 0 Å². The van der Waals surface area contributed by atoms with Gasteiger partial charge in [-0.25, -0.2) is 0 Å².